The molecule has 0 amide bonds. The van der Waals surface area contributed by atoms with E-state index in [9.17, 15) is 35.1 Å². The molecule has 2 aliphatic rings. The first-order valence-corrected chi connectivity index (χ1v) is 8.86. The van der Waals surface area contributed by atoms with Crippen molar-refractivity contribution in [3.63, 3.8) is 0 Å². The summed E-state index contributed by atoms with van der Waals surface area (Å²) < 4.78 is 10.7. The Morgan fingerprint density at radius 2 is 1.52 bits per heavy atom. The van der Waals surface area contributed by atoms with Crippen molar-refractivity contribution in [2.75, 3.05) is 6.61 Å². The van der Waals surface area contributed by atoms with Crippen LogP contribution in [0.4, 0.5) is 0 Å². The number of ether oxygens (including phenoxy) is 2. The van der Waals surface area contributed by atoms with Crippen LogP contribution in [0.2, 0.25) is 0 Å². The zero-order valence-electron chi connectivity index (χ0n) is 14.9. The average molecular weight is 402 g/mol. The predicted molar refractivity (Wildman–Crippen MR) is 95.8 cm³/mol. The number of benzene rings is 2. The highest BCUT2D eigenvalue weighted by molar-refractivity contribution is 6.29. The van der Waals surface area contributed by atoms with Crippen LogP contribution in [-0.2, 0) is 4.74 Å². The summed E-state index contributed by atoms with van der Waals surface area (Å²) in [5, 5.41) is 49.6. The molecule has 5 atom stereocenters. The van der Waals surface area contributed by atoms with Gasteiger partial charge in [0.05, 0.1) is 12.2 Å². The molecule has 4 rings (SSSR count). The van der Waals surface area contributed by atoms with E-state index in [2.05, 4.69) is 0 Å². The normalized spacial score (nSPS) is 28.6. The van der Waals surface area contributed by atoms with Crippen molar-refractivity contribution in [2.24, 2.45) is 0 Å². The summed E-state index contributed by atoms with van der Waals surface area (Å²) >= 11 is 0. The second-order valence-electron chi connectivity index (χ2n) is 6.85. The molecule has 9 heteroatoms. The van der Waals surface area contributed by atoms with Gasteiger partial charge >= 0.3 is 0 Å². The molecule has 29 heavy (non-hydrogen) atoms. The Labute approximate surface area is 164 Å². The number of carbonyl (C=O) groups excluding carboxylic acids is 2. The van der Waals surface area contributed by atoms with Gasteiger partial charge in [0.15, 0.2) is 23.1 Å². The molecule has 9 nitrogen and oxygen atoms in total. The number of fused-ring (bicyclic) bond motifs is 2. The second kappa shape index (κ2) is 7.21. The van der Waals surface area contributed by atoms with E-state index in [0.29, 0.717) is 0 Å². The van der Waals surface area contributed by atoms with Gasteiger partial charge in [-0.2, -0.15) is 0 Å². The molecule has 1 saturated heterocycles. The second-order valence-corrected chi connectivity index (χ2v) is 6.85. The summed E-state index contributed by atoms with van der Waals surface area (Å²) in [6.45, 7) is -0.648. The van der Waals surface area contributed by atoms with Crippen molar-refractivity contribution < 1.29 is 44.6 Å². The SMILES string of the molecule is O=C1c2ccccc2C(=O)c2c1ccc(O[C@@H]1O[C@H](CO)[C@H](O)[C@H](O)[C@H]1O)c2O. The van der Waals surface area contributed by atoms with Gasteiger partial charge < -0.3 is 35.0 Å². The predicted octanol–water partition coefficient (Wildman–Crippen LogP) is -0.654. The van der Waals surface area contributed by atoms with E-state index in [1.165, 1.54) is 24.3 Å². The standard InChI is InChI=1S/C20H18O9/c21-7-12-17(25)18(26)19(27)20(29-12)28-11-6-5-10-13(16(11)24)15(23)9-4-2-1-3-8(9)14(10)22/h1-6,12,17-21,24-27H,7H2/t12-,17+,18+,19-,20-/m1/s1. The molecule has 1 fully saturated rings. The molecule has 0 radical (unpaired) electrons. The van der Waals surface area contributed by atoms with E-state index in [1.54, 1.807) is 12.1 Å². The maximum Gasteiger partial charge on any atom is 0.229 e. The van der Waals surface area contributed by atoms with Crippen molar-refractivity contribution in [1.29, 1.82) is 0 Å². The molecule has 2 aromatic rings. The molecule has 1 aliphatic carbocycles. The van der Waals surface area contributed by atoms with Gasteiger partial charge in [0.25, 0.3) is 0 Å². The molecule has 2 aromatic carbocycles. The number of phenols is 1. The third-order valence-corrected chi connectivity index (χ3v) is 5.12. The number of ketones is 2. The van der Waals surface area contributed by atoms with Gasteiger partial charge in [0, 0.05) is 16.7 Å². The van der Waals surface area contributed by atoms with E-state index in [0.717, 1.165) is 0 Å². The molecule has 0 bridgehead atoms. The molecule has 0 unspecified atom stereocenters. The number of hydrogen-bond donors (Lipinski definition) is 5. The number of carbonyl (C=O) groups is 2. The van der Waals surface area contributed by atoms with E-state index >= 15 is 0 Å². The summed E-state index contributed by atoms with van der Waals surface area (Å²) in [5.74, 6) is -1.88. The van der Waals surface area contributed by atoms with Crippen LogP contribution in [0, 0.1) is 0 Å². The van der Waals surface area contributed by atoms with Gasteiger partial charge in [-0.1, -0.05) is 24.3 Å². The monoisotopic (exact) mass is 402 g/mol. The first-order valence-electron chi connectivity index (χ1n) is 8.86. The number of hydrogen-bond acceptors (Lipinski definition) is 9. The summed E-state index contributed by atoms with van der Waals surface area (Å²) in [6.07, 6.45) is -7.67. The van der Waals surface area contributed by atoms with Gasteiger partial charge in [-0.25, -0.2) is 0 Å². The Kier molecular flexibility index (Phi) is 4.85. The van der Waals surface area contributed by atoms with Gasteiger partial charge in [0.1, 0.15) is 24.4 Å². The minimum atomic E-state index is -1.69. The molecule has 1 aliphatic heterocycles. The van der Waals surface area contributed by atoms with E-state index in [1.807, 2.05) is 0 Å². The average Bonchev–Trinajstić information content (AvgIpc) is 2.73. The molecule has 0 spiro atoms. The van der Waals surface area contributed by atoms with Crippen LogP contribution in [0.5, 0.6) is 11.5 Å². The fourth-order valence-electron chi connectivity index (χ4n) is 3.53. The Morgan fingerprint density at radius 3 is 2.17 bits per heavy atom. The van der Waals surface area contributed by atoms with Gasteiger partial charge in [0.2, 0.25) is 6.29 Å². The topological polar surface area (TPSA) is 154 Å². The minimum Gasteiger partial charge on any atom is -0.504 e. The maximum atomic E-state index is 12.8. The Hall–Kier alpha value is -2.82. The van der Waals surface area contributed by atoms with Crippen LogP contribution in [-0.4, -0.2) is 74.4 Å². The third kappa shape index (κ3) is 3.00. The van der Waals surface area contributed by atoms with E-state index < -0.39 is 54.6 Å². The Bertz CT molecular complexity index is 984. The lowest BCUT2D eigenvalue weighted by Gasteiger charge is -2.39. The number of aliphatic hydroxyl groups excluding tert-OH is 4. The number of aliphatic hydroxyl groups is 4. The highest BCUT2D eigenvalue weighted by Gasteiger charge is 2.45. The van der Waals surface area contributed by atoms with Crippen molar-refractivity contribution in [3.8, 4) is 11.5 Å². The minimum absolute atomic E-state index is 0.00681. The lowest BCUT2D eigenvalue weighted by Crippen LogP contribution is -2.60. The Morgan fingerprint density at radius 1 is 0.862 bits per heavy atom. The lowest BCUT2D eigenvalue weighted by atomic mass is 9.83. The zero-order chi connectivity index (χ0) is 20.9. The van der Waals surface area contributed by atoms with Crippen LogP contribution in [0.25, 0.3) is 0 Å². The summed E-state index contributed by atoms with van der Waals surface area (Å²) in [6, 6.07) is 8.77. The molecule has 5 N–H and O–H groups in total. The summed E-state index contributed by atoms with van der Waals surface area (Å²) in [4.78, 5) is 25.5. The smallest absolute Gasteiger partial charge is 0.229 e. The Balaban J connectivity index is 1.69. The van der Waals surface area contributed by atoms with Crippen molar-refractivity contribution in [2.45, 2.75) is 30.7 Å². The highest BCUT2D eigenvalue weighted by Crippen LogP contribution is 2.39. The maximum absolute atomic E-state index is 12.8. The summed E-state index contributed by atoms with van der Waals surface area (Å²) in [5.41, 5.74) is 0.139. The molecular weight excluding hydrogens is 384 g/mol. The van der Waals surface area contributed by atoms with E-state index in [4.69, 9.17) is 9.47 Å². The molecule has 0 aromatic heterocycles. The number of rotatable bonds is 3. The van der Waals surface area contributed by atoms with Crippen LogP contribution in [0.1, 0.15) is 31.8 Å². The quantitative estimate of drug-likeness (QED) is 0.384. The first-order chi connectivity index (χ1) is 13.8. The lowest BCUT2D eigenvalue weighted by molar-refractivity contribution is -0.277. The van der Waals surface area contributed by atoms with E-state index in [-0.39, 0.29) is 28.0 Å². The molecule has 1 heterocycles. The summed E-state index contributed by atoms with van der Waals surface area (Å²) in [7, 11) is 0. The largest absolute Gasteiger partial charge is 0.504 e. The van der Waals surface area contributed by atoms with Crippen LogP contribution in [0.3, 0.4) is 0 Å². The molecular formula is C20H18O9. The van der Waals surface area contributed by atoms with Gasteiger partial charge in [-0.15, -0.1) is 0 Å². The van der Waals surface area contributed by atoms with Crippen LogP contribution >= 0.6 is 0 Å². The van der Waals surface area contributed by atoms with Crippen LogP contribution in [0.15, 0.2) is 36.4 Å². The highest BCUT2D eigenvalue weighted by atomic mass is 16.7. The van der Waals surface area contributed by atoms with Gasteiger partial charge in [-0.3, -0.25) is 9.59 Å². The van der Waals surface area contributed by atoms with Crippen molar-refractivity contribution >= 4 is 11.6 Å². The van der Waals surface area contributed by atoms with Crippen LogP contribution < -0.4 is 4.74 Å². The third-order valence-electron chi connectivity index (χ3n) is 5.12. The number of phenolic OH excluding ortho intramolecular Hbond substituents is 1. The fraction of sp³-hybridized carbons (Fsp3) is 0.300. The first kappa shape index (κ1) is 19.5. The zero-order valence-corrected chi connectivity index (χ0v) is 14.9. The molecule has 152 valence electrons. The van der Waals surface area contributed by atoms with Gasteiger partial charge in [-0.05, 0) is 12.1 Å². The van der Waals surface area contributed by atoms with Crippen molar-refractivity contribution in [1.82, 2.24) is 0 Å². The fourth-order valence-corrected chi connectivity index (χ4v) is 3.53. The van der Waals surface area contributed by atoms with Crippen molar-refractivity contribution in [3.05, 3.63) is 58.7 Å². The number of aromatic hydroxyl groups is 1. The molecule has 0 saturated carbocycles.